The lowest BCUT2D eigenvalue weighted by molar-refractivity contribution is -0.138. The summed E-state index contributed by atoms with van der Waals surface area (Å²) >= 11 is 0. The number of methoxy groups -OCH3 is 1. The number of ether oxygens (including phenoxy) is 2. The van der Waals surface area contributed by atoms with Crippen LogP contribution < -0.4 is 9.04 Å². The van der Waals surface area contributed by atoms with E-state index in [2.05, 4.69) is 0 Å². The number of anilines is 1. The van der Waals surface area contributed by atoms with E-state index >= 15 is 0 Å². The number of benzene rings is 2. The summed E-state index contributed by atoms with van der Waals surface area (Å²) in [5.74, 6) is -0.854. The molecule has 0 aromatic heterocycles. The van der Waals surface area contributed by atoms with Gasteiger partial charge in [-0.3, -0.25) is 9.10 Å². The highest BCUT2D eigenvalue weighted by atomic mass is 32.2. The standard InChI is InChI=1S/C25H30N2O6S/c1-3-19-9-6-7-14-26(19)24(28)17-33-25(29)21-16-20(11-12-23(21)32-2)34(30,31)27-15-13-18-8-4-5-10-22(18)27/h4-5,8,10-12,16,19H,3,6-7,9,13-15,17H2,1-2H3. The van der Waals surface area contributed by atoms with E-state index in [1.54, 1.807) is 17.0 Å². The van der Waals surface area contributed by atoms with E-state index in [0.29, 0.717) is 25.2 Å². The average Bonchev–Trinajstić information content (AvgIpc) is 3.31. The Morgan fingerprint density at radius 3 is 2.65 bits per heavy atom. The minimum atomic E-state index is -3.90. The molecule has 2 heterocycles. The van der Waals surface area contributed by atoms with Crippen molar-refractivity contribution in [2.75, 3.05) is 31.1 Å². The molecule has 2 aromatic carbocycles. The molecule has 34 heavy (non-hydrogen) atoms. The molecule has 0 spiro atoms. The van der Waals surface area contributed by atoms with Crippen LogP contribution in [0.15, 0.2) is 47.4 Å². The van der Waals surface area contributed by atoms with E-state index in [4.69, 9.17) is 9.47 Å². The fourth-order valence-corrected chi connectivity index (χ4v) is 6.26. The summed E-state index contributed by atoms with van der Waals surface area (Å²) in [6.45, 7) is 2.63. The first kappa shape index (κ1) is 24.1. The molecule has 0 bridgehead atoms. The van der Waals surface area contributed by atoms with Crippen LogP contribution in [0.5, 0.6) is 5.75 Å². The Morgan fingerprint density at radius 2 is 1.88 bits per heavy atom. The summed E-state index contributed by atoms with van der Waals surface area (Å²) in [6, 6.07) is 11.6. The van der Waals surface area contributed by atoms with Crippen LogP contribution in [-0.2, 0) is 26.0 Å². The number of para-hydroxylation sites is 1. The quantitative estimate of drug-likeness (QED) is 0.557. The van der Waals surface area contributed by atoms with Gasteiger partial charge in [0.1, 0.15) is 11.3 Å². The molecule has 4 rings (SSSR count). The summed E-state index contributed by atoms with van der Waals surface area (Å²) in [5, 5.41) is 0. The summed E-state index contributed by atoms with van der Waals surface area (Å²) in [4.78, 5) is 27.3. The monoisotopic (exact) mass is 486 g/mol. The van der Waals surface area contributed by atoms with Crippen LogP contribution in [0.2, 0.25) is 0 Å². The number of piperidine rings is 1. The Balaban J connectivity index is 1.53. The highest BCUT2D eigenvalue weighted by Gasteiger charge is 2.32. The van der Waals surface area contributed by atoms with Crippen molar-refractivity contribution < 1.29 is 27.5 Å². The SMILES string of the molecule is CCC1CCCCN1C(=O)COC(=O)c1cc(S(=O)(=O)N2CCc3ccccc32)ccc1OC. The number of nitrogens with zero attached hydrogens (tertiary/aromatic N) is 2. The molecule has 0 saturated carbocycles. The molecule has 2 aromatic rings. The molecule has 0 N–H and O–H groups in total. The molecule has 182 valence electrons. The number of fused-ring (bicyclic) bond motifs is 1. The molecule has 1 amide bonds. The van der Waals surface area contributed by atoms with Crippen molar-refractivity contribution in [1.82, 2.24) is 4.90 Å². The Kier molecular flexibility index (Phi) is 7.11. The maximum atomic E-state index is 13.4. The molecular weight excluding hydrogens is 456 g/mol. The Bertz CT molecular complexity index is 1180. The third kappa shape index (κ3) is 4.61. The summed E-state index contributed by atoms with van der Waals surface area (Å²) in [6.07, 6.45) is 4.44. The molecule has 2 aliphatic rings. The van der Waals surface area contributed by atoms with Crippen molar-refractivity contribution in [2.45, 2.75) is 50.0 Å². The Hall–Kier alpha value is -3.07. The zero-order chi connectivity index (χ0) is 24.3. The van der Waals surface area contributed by atoms with Crippen LogP contribution in [0.4, 0.5) is 5.69 Å². The first-order valence-corrected chi connectivity index (χ1v) is 13.1. The van der Waals surface area contributed by atoms with Gasteiger partial charge < -0.3 is 14.4 Å². The van der Waals surface area contributed by atoms with E-state index in [1.165, 1.54) is 29.6 Å². The maximum absolute atomic E-state index is 13.4. The number of rotatable bonds is 7. The number of likely N-dealkylation sites (tertiary alicyclic amines) is 1. The molecule has 1 saturated heterocycles. The molecule has 2 aliphatic heterocycles. The van der Waals surface area contributed by atoms with Gasteiger partial charge in [-0.25, -0.2) is 13.2 Å². The predicted molar refractivity (Wildman–Crippen MR) is 128 cm³/mol. The number of esters is 1. The van der Waals surface area contributed by atoms with Crippen molar-refractivity contribution in [3.8, 4) is 5.75 Å². The molecule has 9 heteroatoms. The first-order chi connectivity index (χ1) is 16.4. The second-order valence-electron chi connectivity index (χ2n) is 8.54. The number of hydrogen-bond donors (Lipinski definition) is 0. The molecule has 1 unspecified atom stereocenters. The van der Waals surface area contributed by atoms with Crippen LogP contribution in [0.25, 0.3) is 0 Å². The van der Waals surface area contributed by atoms with Gasteiger partial charge in [0, 0.05) is 19.1 Å². The van der Waals surface area contributed by atoms with Gasteiger partial charge in [0.2, 0.25) is 0 Å². The lowest BCUT2D eigenvalue weighted by Crippen LogP contribution is -2.45. The molecule has 0 radical (unpaired) electrons. The van der Waals surface area contributed by atoms with Crippen molar-refractivity contribution in [3.05, 3.63) is 53.6 Å². The van der Waals surface area contributed by atoms with Gasteiger partial charge in [-0.1, -0.05) is 25.1 Å². The fraction of sp³-hybridized carbons (Fsp3) is 0.440. The molecule has 8 nitrogen and oxygen atoms in total. The van der Waals surface area contributed by atoms with Crippen LogP contribution >= 0.6 is 0 Å². The Morgan fingerprint density at radius 1 is 1.09 bits per heavy atom. The highest BCUT2D eigenvalue weighted by molar-refractivity contribution is 7.92. The lowest BCUT2D eigenvalue weighted by Gasteiger charge is -2.35. The lowest BCUT2D eigenvalue weighted by atomic mass is 10.00. The third-order valence-electron chi connectivity index (χ3n) is 6.57. The summed E-state index contributed by atoms with van der Waals surface area (Å²) in [7, 11) is -2.51. The van der Waals surface area contributed by atoms with Crippen LogP contribution in [0.1, 0.15) is 48.5 Å². The van der Waals surface area contributed by atoms with E-state index in [9.17, 15) is 18.0 Å². The van der Waals surface area contributed by atoms with Crippen LogP contribution in [0, 0.1) is 0 Å². The zero-order valence-corrected chi connectivity index (χ0v) is 20.3. The fourth-order valence-electron chi connectivity index (χ4n) is 4.73. The Labute approximate surface area is 200 Å². The van der Waals surface area contributed by atoms with Crippen molar-refractivity contribution in [3.63, 3.8) is 0 Å². The molecule has 0 aliphatic carbocycles. The van der Waals surface area contributed by atoms with Crippen molar-refractivity contribution >= 4 is 27.6 Å². The largest absolute Gasteiger partial charge is 0.496 e. The predicted octanol–water partition coefficient (Wildman–Crippen LogP) is 3.39. The minimum absolute atomic E-state index is 0.0328. The highest BCUT2D eigenvalue weighted by Crippen LogP contribution is 2.34. The number of carbonyl (C=O) groups excluding carboxylic acids is 2. The number of carbonyl (C=O) groups is 2. The second-order valence-corrected chi connectivity index (χ2v) is 10.4. The molecular formula is C25H30N2O6S. The summed E-state index contributed by atoms with van der Waals surface area (Å²) < 4.78 is 38.7. The normalized spacial score (nSPS) is 17.9. The van der Waals surface area contributed by atoms with Gasteiger partial charge in [-0.15, -0.1) is 0 Å². The van der Waals surface area contributed by atoms with Gasteiger partial charge in [0.25, 0.3) is 15.9 Å². The second kappa shape index (κ2) is 10.0. The summed E-state index contributed by atoms with van der Waals surface area (Å²) in [5.41, 5.74) is 1.57. The number of hydrogen-bond acceptors (Lipinski definition) is 6. The van der Waals surface area contributed by atoms with Crippen LogP contribution in [0.3, 0.4) is 0 Å². The topological polar surface area (TPSA) is 93.2 Å². The number of amides is 1. The van der Waals surface area contributed by atoms with Gasteiger partial charge in [-0.2, -0.15) is 0 Å². The van der Waals surface area contributed by atoms with E-state index in [-0.39, 0.29) is 28.2 Å². The van der Waals surface area contributed by atoms with Gasteiger partial charge >= 0.3 is 5.97 Å². The average molecular weight is 487 g/mol. The van der Waals surface area contributed by atoms with Gasteiger partial charge in [-0.05, 0) is 61.9 Å². The van der Waals surface area contributed by atoms with E-state index in [1.807, 2.05) is 19.1 Å². The minimum Gasteiger partial charge on any atom is -0.496 e. The smallest absolute Gasteiger partial charge is 0.342 e. The van der Waals surface area contributed by atoms with E-state index in [0.717, 1.165) is 31.2 Å². The maximum Gasteiger partial charge on any atom is 0.342 e. The molecule has 1 atom stereocenters. The first-order valence-electron chi connectivity index (χ1n) is 11.6. The van der Waals surface area contributed by atoms with Crippen LogP contribution in [-0.4, -0.2) is 58.0 Å². The van der Waals surface area contributed by atoms with E-state index < -0.39 is 22.6 Å². The van der Waals surface area contributed by atoms with Crippen molar-refractivity contribution in [2.24, 2.45) is 0 Å². The number of sulfonamides is 1. The van der Waals surface area contributed by atoms with Crippen molar-refractivity contribution in [1.29, 1.82) is 0 Å². The molecule has 1 fully saturated rings. The third-order valence-corrected chi connectivity index (χ3v) is 8.38. The van der Waals surface area contributed by atoms with Gasteiger partial charge in [0.05, 0.1) is 17.7 Å². The van der Waals surface area contributed by atoms with Gasteiger partial charge in [0.15, 0.2) is 6.61 Å². The zero-order valence-electron chi connectivity index (χ0n) is 19.5.